The van der Waals surface area contributed by atoms with Gasteiger partial charge >= 0.3 is 44.3 Å². The first kappa shape index (κ1) is 98.5. The molecule has 1 heterocycles. The van der Waals surface area contributed by atoms with E-state index in [9.17, 15) is 95.9 Å². The van der Waals surface area contributed by atoms with E-state index in [2.05, 4.69) is 181 Å². The Bertz CT molecular complexity index is 5200. The van der Waals surface area contributed by atoms with Gasteiger partial charge in [0.05, 0.1) is 38.2 Å². The van der Waals surface area contributed by atoms with Gasteiger partial charge < -0.3 is 9.47 Å². The molecular weight excluding hydrogens is 1840 g/mol. The monoisotopic (exact) mass is 1930 g/mol. The summed E-state index contributed by atoms with van der Waals surface area (Å²) in [7, 11) is -13.8. The van der Waals surface area contributed by atoms with Crippen LogP contribution in [-0.2, 0) is 71.8 Å². The molecule has 5 fully saturated rings. The molecule has 0 N–H and O–H groups in total. The Labute approximate surface area is 725 Å². The Morgan fingerprint density at radius 2 is 0.789 bits per heavy atom. The van der Waals surface area contributed by atoms with Gasteiger partial charge in [-0.3, -0.25) is 4.79 Å². The van der Waals surface area contributed by atoms with Crippen molar-refractivity contribution in [3.05, 3.63) is 301 Å². The number of nitrogens with zero attached hydrogens (tertiary/aromatic N) is 1. The number of alkyl halides is 8. The van der Waals surface area contributed by atoms with Crippen LogP contribution in [0, 0.1) is 72.5 Å². The van der Waals surface area contributed by atoms with Crippen molar-refractivity contribution in [1.29, 1.82) is 0 Å². The van der Waals surface area contributed by atoms with Crippen LogP contribution in [0.1, 0.15) is 117 Å². The van der Waals surface area contributed by atoms with E-state index >= 15 is 0 Å². The van der Waals surface area contributed by atoms with E-state index in [1.165, 1.54) is 88.6 Å². The zero-order valence-corrected chi connectivity index (χ0v) is 75.0. The Morgan fingerprint density at radius 1 is 0.463 bits per heavy atom. The fourth-order valence-electron chi connectivity index (χ4n) is 14.2. The molecule has 0 radical (unpaired) electrons. The zero-order chi connectivity index (χ0) is 90.6. The number of benzene rings is 10. The maximum atomic E-state index is 13.7. The number of hydrogen-bond acceptors (Lipinski definition) is 9. The predicted molar refractivity (Wildman–Crippen MR) is 443 cm³/mol. The van der Waals surface area contributed by atoms with E-state index in [-0.39, 0.29) is 75.3 Å². The summed E-state index contributed by atoms with van der Waals surface area (Å²) in [5.41, 5.74) is 2.12. The Kier molecular flexibility index (Phi) is 32.4. The Hall–Kier alpha value is -8.34. The number of ether oxygens (including phenoxy) is 2. The van der Waals surface area contributed by atoms with Gasteiger partial charge in [-0.25, -0.2) is 56.0 Å². The number of halogens is 16. The number of rotatable bonds is 18. The van der Waals surface area contributed by atoms with E-state index in [0.717, 1.165) is 78.3 Å². The highest BCUT2D eigenvalue weighted by Gasteiger charge is 2.76. The second-order valence-electron chi connectivity index (χ2n) is 32.4. The van der Waals surface area contributed by atoms with E-state index < -0.39 is 148 Å². The summed E-state index contributed by atoms with van der Waals surface area (Å²) < 4.78 is 278. The molecule has 660 valence electrons. The van der Waals surface area contributed by atoms with E-state index in [4.69, 9.17) is 9.47 Å². The lowest BCUT2D eigenvalue weighted by Gasteiger charge is -2.55. The molecule has 0 spiro atoms. The van der Waals surface area contributed by atoms with E-state index in [1.54, 1.807) is 36.4 Å². The fourth-order valence-corrected chi connectivity index (χ4v) is 24.1. The summed E-state index contributed by atoms with van der Waals surface area (Å²) >= 11 is -0.0703. The topological polar surface area (TPSA) is 141 Å². The summed E-state index contributed by atoms with van der Waals surface area (Å²) in [6.07, 6.45) is 6.66. The highest BCUT2D eigenvalue weighted by Crippen LogP contribution is 2.57. The molecule has 0 unspecified atom stereocenters. The molecule has 0 aromatic heterocycles. The second-order valence-corrected chi connectivity index (χ2v) is 45.8. The van der Waals surface area contributed by atoms with Gasteiger partial charge in [0.25, 0.3) is 15.9 Å². The lowest BCUT2D eigenvalue weighted by atomic mass is 9.54. The molecular formula is C92H94F15INO9S5+3. The minimum absolute atomic E-state index is 0.0146. The van der Waals surface area contributed by atoms with Gasteiger partial charge in [0.1, 0.15) is 35.2 Å². The van der Waals surface area contributed by atoms with E-state index in [1.807, 2.05) is 0 Å². The summed E-state index contributed by atoms with van der Waals surface area (Å²) in [6.45, 7) is 12.7. The van der Waals surface area contributed by atoms with Crippen LogP contribution in [-0.4, -0.2) is 95.0 Å². The van der Waals surface area contributed by atoms with E-state index in [0.29, 0.717) is 17.8 Å². The molecule has 4 bridgehead atoms. The van der Waals surface area contributed by atoms with Gasteiger partial charge in [0.2, 0.25) is 17.4 Å². The van der Waals surface area contributed by atoms with Gasteiger partial charge in [0.15, 0.2) is 67.8 Å². The van der Waals surface area contributed by atoms with Crippen molar-refractivity contribution in [3.63, 3.8) is 0 Å². The van der Waals surface area contributed by atoms with Crippen LogP contribution in [0.3, 0.4) is 0 Å². The third-order valence-electron chi connectivity index (χ3n) is 20.3. The van der Waals surface area contributed by atoms with Crippen LogP contribution in [0.2, 0.25) is 0 Å². The Morgan fingerprint density at radius 3 is 1.09 bits per heavy atom. The average molecular weight is 1930 g/mol. The standard InChI is InChI=1S/C20H26I.C18H12F3S.C18H15S.C14H10F4O3S.C14H20F2O2.C8H11F6NO4S2/c1-19(2,3)15-7-11-17(12-8-15)21-18-13-9-16(10-14-18)20(4,5)6;19-13-1-7-16(8-2-13)22(17-9-3-14(20)4-10-17)18-11-5-15(21)6-12-18;1-4-10-16(11-5-1)19(17-12-6-2-7-13-17)18-14-8-3-9-15-18;1-7-10(15)12(17)14(13(18)11(7)16)21-8-3-5-9(6-4-8)22(2,19)20;1-13(15,16)8-12(17)18-14-5-9-2-10(6-14)4-11(3-9)7-14;1-6(9,10)7(11,12)8(13,14)21(18,19)15-2-4-20(16,17)5-3-15/h7-14H,1-6H3;1-12H;1-15H;3-6H,1-2H3;9-11H,2-8H2,1H3;2-5H2,1H3/q3*+1;;;. The molecule has 123 heavy (non-hydrogen) atoms. The van der Waals surface area contributed by atoms with Crippen molar-refractivity contribution >= 4 is 57.5 Å². The molecule has 1 aliphatic heterocycles. The van der Waals surface area contributed by atoms with Crippen molar-refractivity contribution in [2.45, 2.75) is 181 Å². The SMILES string of the molecule is CC(C)(C)c1ccc([I+]c2ccc(C(C)(C)C)cc2)cc1.CC(F)(F)C(F)(F)C(F)(F)S(=O)(=O)N1CCS(=O)(=O)CC1.CC(F)(F)CC(=O)OC12CC3CC(CC(C3)C1)C2.Cc1c(F)c(F)c(Oc2ccc(S(C)(=O)=O)cc2)c(F)c1F.Fc1ccc([S+](c2ccc(F)cc2)c2ccc(F)cc2)cc1.c1ccc([S+](c2ccccc2)c2ccccc2)cc1. The second kappa shape index (κ2) is 40.5. The molecule has 31 heteroatoms. The third-order valence-corrected chi connectivity index (χ3v) is 32.1. The molecule has 0 atom stereocenters. The molecule has 4 aliphatic carbocycles. The van der Waals surface area contributed by atoms with Crippen molar-refractivity contribution in [2.24, 2.45) is 17.8 Å². The normalized spacial score (nSPS) is 17.7. The number of carbonyl (C=O) groups excluding carboxylic acids is 1. The maximum Gasteiger partial charge on any atom is 0.427 e. The highest BCUT2D eigenvalue weighted by atomic mass is 127. The van der Waals surface area contributed by atoms with Crippen molar-refractivity contribution in [2.75, 3.05) is 30.9 Å². The minimum atomic E-state index is -6.15. The smallest absolute Gasteiger partial charge is 0.427 e. The lowest BCUT2D eigenvalue weighted by Crippen LogP contribution is -3.61. The lowest BCUT2D eigenvalue weighted by molar-refractivity contribution is -0.597. The van der Waals surface area contributed by atoms with Crippen LogP contribution in [0.5, 0.6) is 11.5 Å². The van der Waals surface area contributed by atoms with Gasteiger partial charge in [-0.15, -0.1) is 0 Å². The predicted octanol–water partition coefficient (Wildman–Crippen LogP) is 20.6. The van der Waals surface area contributed by atoms with Crippen molar-refractivity contribution < 1.29 is 127 Å². The molecule has 10 aromatic rings. The fraction of sp³-hybridized carbons (Fsp3) is 0.337. The molecule has 10 aromatic carbocycles. The summed E-state index contributed by atoms with van der Waals surface area (Å²) in [5, 5.41) is -6.07. The molecule has 15 rings (SSSR count). The van der Waals surface area contributed by atoms with Crippen LogP contribution < -0.4 is 25.9 Å². The number of esters is 1. The quantitative estimate of drug-likeness (QED) is 0.0270. The number of sulfonamides is 1. The highest BCUT2D eigenvalue weighted by molar-refractivity contribution is 7.97. The van der Waals surface area contributed by atoms with Crippen molar-refractivity contribution in [3.8, 4) is 11.5 Å². The average Bonchev–Trinajstić information content (AvgIpc) is 0.730. The summed E-state index contributed by atoms with van der Waals surface area (Å²) in [5.74, 6) is -23.6. The largest absolute Gasteiger partial charge is 0.459 e. The molecule has 10 nitrogen and oxygen atoms in total. The first-order valence-electron chi connectivity index (χ1n) is 38.8. The molecule has 1 saturated heterocycles. The minimum Gasteiger partial charge on any atom is -0.459 e. The molecule has 0 amide bonds. The number of sulfone groups is 2. The first-order valence-corrected chi connectivity index (χ1v) is 48.5. The zero-order valence-electron chi connectivity index (χ0n) is 68.7. The van der Waals surface area contributed by atoms with Gasteiger partial charge in [-0.1, -0.05) is 120 Å². The van der Waals surface area contributed by atoms with Crippen LogP contribution in [0.4, 0.5) is 65.9 Å². The molecule has 5 aliphatic rings. The summed E-state index contributed by atoms with van der Waals surface area (Å²) in [6, 6.07) is 73.6. The first-order chi connectivity index (χ1) is 57.3. The van der Waals surface area contributed by atoms with Gasteiger partial charge in [-0.05, 0) is 250 Å². The summed E-state index contributed by atoms with van der Waals surface area (Å²) in [4.78, 5) is 18.3. The number of hydrogen-bond donors (Lipinski definition) is 0. The molecule has 4 saturated carbocycles. The third kappa shape index (κ3) is 26.4. The van der Waals surface area contributed by atoms with Gasteiger partial charge in [0, 0.05) is 31.8 Å². The number of carbonyl (C=O) groups is 1. The van der Waals surface area contributed by atoms with Crippen molar-refractivity contribution in [1.82, 2.24) is 4.31 Å². The van der Waals surface area contributed by atoms with Crippen LogP contribution in [0.15, 0.2) is 271 Å². The van der Waals surface area contributed by atoms with Gasteiger partial charge in [-0.2, -0.15) is 39.4 Å². The van der Waals surface area contributed by atoms with Crippen LogP contribution in [0.25, 0.3) is 0 Å². The Balaban J connectivity index is 0.000000168. The van der Waals surface area contributed by atoms with Crippen LogP contribution >= 0.6 is 0 Å². The maximum absolute atomic E-state index is 13.7.